The largest absolute Gasteiger partial charge is 0.324 e. The second kappa shape index (κ2) is 5.57. The quantitative estimate of drug-likeness (QED) is 0.915. The summed E-state index contributed by atoms with van der Waals surface area (Å²) in [6, 6.07) is 8.65. The number of aromatic nitrogens is 2. The molecule has 0 radical (unpaired) electrons. The summed E-state index contributed by atoms with van der Waals surface area (Å²) in [6.45, 7) is 6.36. The minimum absolute atomic E-state index is 0.0284. The van der Waals surface area contributed by atoms with Gasteiger partial charge in [-0.2, -0.15) is 5.10 Å². The molecule has 2 aromatic rings. The van der Waals surface area contributed by atoms with Crippen LogP contribution in [-0.4, -0.2) is 9.78 Å². The Morgan fingerprint density at radius 2 is 2.00 bits per heavy atom. The Bertz CT molecular complexity index is 569. The van der Waals surface area contributed by atoms with Crippen LogP contribution in [0.1, 0.15) is 41.0 Å². The van der Waals surface area contributed by atoms with Crippen LogP contribution < -0.4 is 5.73 Å². The van der Waals surface area contributed by atoms with Gasteiger partial charge in [0.15, 0.2) is 0 Å². The van der Waals surface area contributed by atoms with Crippen LogP contribution in [0.25, 0.3) is 0 Å². The van der Waals surface area contributed by atoms with Crippen molar-refractivity contribution in [2.24, 2.45) is 12.8 Å². The molecule has 0 aliphatic heterocycles. The van der Waals surface area contributed by atoms with E-state index < -0.39 is 0 Å². The number of aryl methyl sites for hydroxylation is 4. The normalized spacial score (nSPS) is 12.7. The third-order valence-electron chi connectivity index (χ3n) is 3.64. The van der Waals surface area contributed by atoms with E-state index in [-0.39, 0.29) is 6.04 Å². The summed E-state index contributed by atoms with van der Waals surface area (Å²) >= 11 is 0. The molecule has 0 bridgehead atoms. The lowest BCUT2D eigenvalue weighted by Crippen LogP contribution is -2.16. The Morgan fingerprint density at radius 1 is 1.26 bits per heavy atom. The lowest BCUT2D eigenvalue weighted by molar-refractivity contribution is 0.636. The van der Waals surface area contributed by atoms with E-state index >= 15 is 0 Å². The van der Waals surface area contributed by atoms with Crippen molar-refractivity contribution in [1.82, 2.24) is 9.78 Å². The highest BCUT2D eigenvalue weighted by atomic mass is 15.3. The van der Waals surface area contributed by atoms with Crippen molar-refractivity contribution in [2.75, 3.05) is 0 Å². The Hall–Kier alpha value is -1.61. The topological polar surface area (TPSA) is 43.8 Å². The van der Waals surface area contributed by atoms with Crippen LogP contribution in [0.4, 0.5) is 0 Å². The third kappa shape index (κ3) is 3.04. The van der Waals surface area contributed by atoms with Gasteiger partial charge in [-0.15, -0.1) is 0 Å². The van der Waals surface area contributed by atoms with E-state index in [9.17, 15) is 0 Å². The molecule has 102 valence electrons. The zero-order valence-corrected chi connectivity index (χ0v) is 12.3. The predicted molar refractivity (Wildman–Crippen MR) is 79.1 cm³/mol. The number of rotatable bonds is 4. The maximum Gasteiger partial charge on any atom is 0.0624 e. The number of hydrogen-bond acceptors (Lipinski definition) is 2. The number of nitrogens with zero attached hydrogens (tertiary/aromatic N) is 2. The summed E-state index contributed by atoms with van der Waals surface area (Å²) in [5.74, 6) is 0. The maximum atomic E-state index is 6.36. The van der Waals surface area contributed by atoms with Gasteiger partial charge >= 0.3 is 0 Å². The fourth-order valence-corrected chi connectivity index (χ4v) is 2.51. The average Bonchev–Trinajstić information content (AvgIpc) is 2.70. The molecule has 0 saturated carbocycles. The van der Waals surface area contributed by atoms with Gasteiger partial charge < -0.3 is 5.73 Å². The van der Waals surface area contributed by atoms with Crippen LogP contribution in [0.2, 0.25) is 0 Å². The summed E-state index contributed by atoms with van der Waals surface area (Å²) in [5, 5.41) is 4.47. The predicted octanol–water partition coefficient (Wildman–Crippen LogP) is 2.84. The SMILES string of the molecule is CCc1cc(CC(N)c2ccc(C)cc2C)n(C)n1. The van der Waals surface area contributed by atoms with Gasteiger partial charge in [0.25, 0.3) is 0 Å². The minimum atomic E-state index is 0.0284. The van der Waals surface area contributed by atoms with Gasteiger partial charge in [0.2, 0.25) is 0 Å². The van der Waals surface area contributed by atoms with Crippen LogP contribution in [0.3, 0.4) is 0 Å². The average molecular weight is 257 g/mol. The lowest BCUT2D eigenvalue weighted by atomic mass is 9.96. The molecule has 0 aliphatic carbocycles. The van der Waals surface area contributed by atoms with E-state index in [1.807, 2.05) is 11.7 Å². The molecular formula is C16H23N3. The molecule has 19 heavy (non-hydrogen) atoms. The maximum absolute atomic E-state index is 6.36. The van der Waals surface area contributed by atoms with Gasteiger partial charge in [0.05, 0.1) is 5.69 Å². The van der Waals surface area contributed by atoms with Crippen LogP contribution in [-0.2, 0) is 19.9 Å². The highest BCUT2D eigenvalue weighted by molar-refractivity contribution is 5.33. The van der Waals surface area contributed by atoms with Crippen LogP contribution in [0.5, 0.6) is 0 Å². The van der Waals surface area contributed by atoms with Crippen molar-refractivity contribution in [2.45, 2.75) is 39.7 Å². The van der Waals surface area contributed by atoms with Gasteiger partial charge in [-0.05, 0) is 37.5 Å². The molecule has 0 aliphatic rings. The van der Waals surface area contributed by atoms with Gasteiger partial charge in [-0.3, -0.25) is 4.68 Å². The van der Waals surface area contributed by atoms with Gasteiger partial charge in [-0.1, -0.05) is 30.7 Å². The summed E-state index contributed by atoms with van der Waals surface area (Å²) in [6.07, 6.45) is 1.79. The standard InChI is InChI=1S/C16H23N3/c1-5-13-9-14(19(4)18-13)10-16(17)15-7-6-11(2)8-12(15)3/h6-9,16H,5,10,17H2,1-4H3. The first-order valence-electron chi connectivity index (χ1n) is 6.85. The zero-order valence-electron chi connectivity index (χ0n) is 12.3. The molecule has 1 heterocycles. The van der Waals surface area contributed by atoms with E-state index in [1.165, 1.54) is 22.4 Å². The van der Waals surface area contributed by atoms with Crippen molar-refractivity contribution in [1.29, 1.82) is 0 Å². The Labute approximate surface area is 115 Å². The van der Waals surface area contributed by atoms with Crippen LogP contribution >= 0.6 is 0 Å². The molecule has 0 amide bonds. The molecule has 3 nitrogen and oxygen atoms in total. The second-order valence-electron chi connectivity index (χ2n) is 5.27. The van der Waals surface area contributed by atoms with Crippen molar-refractivity contribution in [3.63, 3.8) is 0 Å². The fraction of sp³-hybridized carbons (Fsp3) is 0.438. The molecular weight excluding hydrogens is 234 g/mol. The molecule has 2 N–H and O–H groups in total. The van der Waals surface area contributed by atoms with E-state index in [0.29, 0.717) is 0 Å². The molecule has 0 spiro atoms. The van der Waals surface area contributed by atoms with E-state index in [1.54, 1.807) is 0 Å². The number of hydrogen-bond donors (Lipinski definition) is 1. The van der Waals surface area contributed by atoms with Crippen molar-refractivity contribution in [3.8, 4) is 0 Å². The van der Waals surface area contributed by atoms with Gasteiger partial charge in [0.1, 0.15) is 0 Å². The van der Waals surface area contributed by atoms with E-state index in [2.05, 4.69) is 50.1 Å². The highest BCUT2D eigenvalue weighted by Crippen LogP contribution is 2.21. The third-order valence-corrected chi connectivity index (χ3v) is 3.64. The molecule has 1 aromatic carbocycles. The molecule has 0 fully saturated rings. The first-order chi connectivity index (χ1) is 9.01. The first-order valence-corrected chi connectivity index (χ1v) is 6.85. The van der Waals surface area contributed by atoms with Crippen molar-refractivity contribution in [3.05, 3.63) is 52.3 Å². The monoisotopic (exact) mass is 257 g/mol. The molecule has 1 atom stereocenters. The summed E-state index contributed by atoms with van der Waals surface area (Å²) < 4.78 is 1.95. The van der Waals surface area contributed by atoms with Crippen LogP contribution in [0, 0.1) is 13.8 Å². The van der Waals surface area contributed by atoms with Gasteiger partial charge in [0, 0.05) is 25.2 Å². The molecule has 2 rings (SSSR count). The van der Waals surface area contributed by atoms with Crippen molar-refractivity contribution < 1.29 is 0 Å². The van der Waals surface area contributed by atoms with E-state index in [0.717, 1.165) is 18.5 Å². The Balaban J connectivity index is 2.20. The number of nitrogens with two attached hydrogens (primary N) is 1. The molecule has 1 aromatic heterocycles. The second-order valence-corrected chi connectivity index (χ2v) is 5.27. The number of benzene rings is 1. The summed E-state index contributed by atoms with van der Waals surface area (Å²) in [4.78, 5) is 0. The van der Waals surface area contributed by atoms with Crippen molar-refractivity contribution >= 4 is 0 Å². The minimum Gasteiger partial charge on any atom is -0.324 e. The Kier molecular flexibility index (Phi) is 4.05. The smallest absolute Gasteiger partial charge is 0.0624 e. The Morgan fingerprint density at radius 3 is 2.58 bits per heavy atom. The summed E-state index contributed by atoms with van der Waals surface area (Å²) in [7, 11) is 1.99. The van der Waals surface area contributed by atoms with Gasteiger partial charge in [-0.25, -0.2) is 0 Å². The highest BCUT2D eigenvalue weighted by Gasteiger charge is 2.13. The fourth-order valence-electron chi connectivity index (χ4n) is 2.51. The molecule has 0 saturated heterocycles. The molecule has 3 heteroatoms. The zero-order chi connectivity index (χ0) is 14.0. The first kappa shape index (κ1) is 13.8. The summed E-state index contributed by atoms with van der Waals surface area (Å²) in [5.41, 5.74) is 12.5. The lowest BCUT2D eigenvalue weighted by Gasteiger charge is -2.15. The molecule has 1 unspecified atom stereocenters. The van der Waals surface area contributed by atoms with Crippen LogP contribution in [0.15, 0.2) is 24.3 Å². The van der Waals surface area contributed by atoms with E-state index in [4.69, 9.17) is 5.73 Å².